The number of allylic oxidation sites excluding steroid dienone is 2. The van der Waals surface area contributed by atoms with Crippen molar-refractivity contribution >= 4 is 46.1 Å². The molecule has 1 aromatic heterocycles. The number of aryl methyl sites for hydroxylation is 1. The van der Waals surface area contributed by atoms with Crippen molar-refractivity contribution in [2.75, 3.05) is 7.11 Å². The molecule has 0 spiro atoms. The van der Waals surface area contributed by atoms with Crippen molar-refractivity contribution in [2.24, 2.45) is 11.3 Å². The van der Waals surface area contributed by atoms with Gasteiger partial charge in [0.25, 0.3) is 0 Å². The van der Waals surface area contributed by atoms with Crippen molar-refractivity contribution in [3.05, 3.63) is 58.3 Å². The standard InChI is InChI=1S/C29H40BrNO2Si/c1-20(2)34(6,7)33-23-13-12-21(3)29(4,18-23)15-14-22-16-28-25(17-26(22)30)24-10-8-9-11-27(24)31(28)19-32-5/h8-11,16-18,20-21H,12-15,19H2,1-7H3/t21-,29-/m1/s1. The van der Waals surface area contributed by atoms with Crippen LogP contribution in [-0.2, 0) is 22.3 Å². The highest BCUT2D eigenvalue weighted by Crippen LogP contribution is 2.44. The molecule has 0 unspecified atom stereocenters. The largest absolute Gasteiger partial charge is 0.547 e. The maximum Gasteiger partial charge on any atom is 0.247 e. The number of hydrogen-bond acceptors (Lipinski definition) is 2. The molecule has 1 aliphatic rings. The maximum absolute atomic E-state index is 6.67. The minimum atomic E-state index is -1.70. The first-order valence-corrected chi connectivity index (χ1v) is 16.4. The lowest BCUT2D eigenvalue weighted by Crippen LogP contribution is -2.36. The lowest BCUT2D eigenvalue weighted by atomic mass is 9.69. The Balaban J connectivity index is 1.64. The highest BCUT2D eigenvalue weighted by atomic mass is 79.9. The second kappa shape index (κ2) is 9.83. The van der Waals surface area contributed by atoms with Crippen LogP contribution in [0.3, 0.4) is 0 Å². The predicted octanol–water partition coefficient (Wildman–Crippen LogP) is 9.05. The summed E-state index contributed by atoms with van der Waals surface area (Å²) in [6, 6.07) is 13.3. The number of benzene rings is 2. The van der Waals surface area contributed by atoms with Crippen molar-refractivity contribution in [1.82, 2.24) is 4.57 Å². The highest BCUT2D eigenvalue weighted by Gasteiger charge is 2.36. The van der Waals surface area contributed by atoms with Gasteiger partial charge < -0.3 is 13.7 Å². The van der Waals surface area contributed by atoms with E-state index in [2.05, 4.69) is 104 Å². The zero-order valence-corrected chi connectivity index (χ0v) is 24.5. The first kappa shape index (κ1) is 25.5. The third-order valence-corrected chi connectivity index (χ3v) is 12.7. The molecule has 0 saturated carbocycles. The van der Waals surface area contributed by atoms with Gasteiger partial charge >= 0.3 is 0 Å². The molecular formula is C29H40BrNO2Si. The Bertz CT molecular complexity index is 1210. The summed E-state index contributed by atoms with van der Waals surface area (Å²) in [5, 5.41) is 2.55. The molecule has 0 amide bonds. The summed E-state index contributed by atoms with van der Waals surface area (Å²) < 4.78 is 15.7. The van der Waals surface area contributed by atoms with Crippen LogP contribution in [0.2, 0.25) is 18.6 Å². The fraction of sp³-hybridized carbons (Fsp3) is 0.517. The van der Waals surface area contributed by atoms with Gasteiger partial charge in [0, 0.05) is 28.8 Å². The van der Waals surface area contributed by atoms with E-state index < -0.39 is 8.32 Å². The lowest BCUT2D eigenvalue weighted by molar-refractivity contribution is 0.138. The van der Waals surface area contributed by atoms with Gasteiger partial charge in [-0.3, -0.25) is 0 Å². The number of para-hydroxylation sites is 1. The molecule has 0 radical (unpaired) electrons. The van der Waals surface area contributed by atoms with E-state index in [9.17, 15) is 0 Å². The van der Waals surface area contributed by atoms with E-state index in [-0.39, 0.29) is 5.41 Å². The van der Waals surface area contributed by atoms with Crippen LogP contribution in [0.5, 0.6) is 0 Å². The van der Waals surface area contributed by atoms with Gasteiger partial charge in [-0.25, -0.2) is 0 Å². The fourth-order valence-electron chi connectivity index (χ4n) is 5.10. The summed E-state index contributed by atoms with van der Waals surface area (Å²) in [4.78, 5) is 0. The molecule has 2 aromatic carbocycles. The topological polar surface area (TPSA) is 23.4 Å². The van der Waals surface area contributed by atoms with Crippen LogP contribution in [0.15, 0.2) is 52.7 Å². The SMILES string of the molecule is COCn1c2ccccc2c2cc(Br)c(CC[C@]3(C)C=C(O[Si](C)(C)C(C)C)CC[C@H]3C)cc21. The van der Waals surface area contributed by atoms with Gasteiger partial charge in [0.2, 0.25) is 8.32 Å². The Kier molecular flexibility index (Phi) is 7.38. The van der Waals surface area contributed by atoms with Crippen LogP contribution in [0.25, 0.3) is 21.8 Å². The first-order chi connectivity index (χ1) is 16.1. The fourth-order valence-corrected chi connectivity index (χ4v) is 6.71. The summed E-state index contributed by atoms with van der Waals surface area (Å²) in [5.74, 6) is 1.88. The number of ether oxygens (including phenoxy) is 1. The Labute approximate surface area is 214 Å². The molecule has 3 nitrogen and oxygen atoms in total. The van der Waals surface area contributed by atoms with Crippen LogP contribution in [0.1, 0.15) is 52.5 Å². The molecule has 1 heterocycles. The van der Waals surface area contributed by atoms with E-state index in [0.717, 1.165) is 19.3 Å². The average molecular weight is 543 g/mol. The number of methoxy groups -OCH3 is 1. The minimum absolute atomic E-state index is 0.142. The molecule has 0 saturated heterocycles. The maximum atomic E-state index is 6.67. The third kappa shape index (κ3) is 4.89. The summed E-state index contributed by atoms with van der Waals surface area (Å²) in [7, 11) is 0.0649. The van der Waals surface area contributed by atoms with E-state index in [0.29, 0.717) is 18.2 Å². The molecule has 0 N–H and O–H groups in total. The van der Waals surface area contributed by atoms with E-state index in [1.807, 2.05) is 0 Å². The van der Waals surface area contributed by atoms with Gasteiger partial charge in [-0.15, -0.1) is 0 Å². The normalized spacial score (nSPS) is 21.4. The van der Waals surface area contributed by atoms with E-state index in [4.69, 9.17) is 9.16 Å². The molecule has 184 valence electrons. The van der Waals surface area contributed by atoms with Crippen LogP contribution in [0.4, 0.5) is 0 Å². The minimum Gasteiger partial charge on any atom is -0.547 e. The van der Waals surface area contributed by atoms with Crippen molar-refractivity contribution < 1.29 is 9.16 Å². The number of halogens is 1. The quantitative estimate of drug-likeness (QED) is 0.265. The van der Waals surface area contributed by atoms with Crippen molar-refractivity contribution in [3.8, 4) is 0 Å². The van der Waals surface area contributed by atoms with Gasteiger partial charge in [0.1, 0.15) is 6.73 Å². The molecule has 0 bridgehead atoms. The molecule has 34 heavy (non-hydrogen) atoms. The second-order valence-electron chi connectivity index (χ2n) is 11.2. The van der Waals surface area contributed by atoms with Crippen LogP contribution < -0.4 is 0 Å². The van der Waals surface area contributed by atoms with E-state index in [1.54, 1.807) is 7.11 Å². The van der Waals surface area contributed by atoms with Crippen LogP contribution >= 0.6 is 15.9 Å². The van der Waals surface area contributed by atoms with Crippen molar-refractivity contribution in [1.29, 1.82) is 0 Å². The molecule has 2 atom stereocenters. The molecule has 5 heteroatoms. The van der Waals surface area contributed by atoms with Gasteiger partial charge in [-0.2, -0.15) is 0 Å². The van der Waals surface area contributed by atoms with E-state index >= 15 is 0 Å². The third-order valence-electron chi connectivity index (χ3n) is 8.36. The number of rotatable bonds is 8. The monoisotopic (exact) mass is 541 g/mol. The van der Waals surface area contributed by atoms with Crippen LogP contribution in [0, 0.1) is 11.3 Å². The number of fused-ring (bicyclic) bond motifs is 3. The van der Waals surface area contributed by atoms with E-state index in [1.165, 1.54) is 44.0 Å². The Morgan fingerprint density at radius 1 is 1.15 bits per heavy atom. The predicted molar refractivity (Wildman–Crippen MR) is 151 cm³/mol. The van der Waals surface area contributed by atoms with Gasteiger partial charge in [0.05, 0.1) is 16.8 Å². The molecule has 1 aliphatic carbocycles. The average Bonchev–Trinajstić information content (AvgIpc) is 3.07. The zero-order chi connectivity index (χ0) is 24.7. The molecule has 0 fully saturated rings. The summed E-state index contributed by atoms with van der Waals surface area (Å²) in [6.45, 7) is 14.7. The lowest BCUT2D eigenvalue weighted by Gasteiger charge is -2.40. The van der Waals surface area contributed by atoms with Crippen molar-refractivity contribution in [3.63, 3.8) is 0 Å². The number of hydrogen-bond donors (Lipinski definition) is 0. The Morgan fingerprint density at radius 3 is 2.59 bits per heavy atom. The first-order valence-electron chi connectivity index (χ1n) is 12.6. The smallest absolute Gasteiger partial charge is 0.247 e. The Hall–Kier alpha value is -1.56. The van der Waals surface area contributed by atoms with Crippen LogP contribution in [-0.4, -0.2) is 20.0 Å². The Morgan fingerprint density at radius 2 is 1.88 bits per heavy atom. The number of aromatic nitrogens is 1. The number of nitrogens with zero attached hydrogens (tertiary/aromatic N) is 1. The zero-order valence-electron chi connectivity index (χ0n) is 21.9. The van der Waals surface area contributed by atoms with Gasteiger partial charge in [-0.05, 0) is 79.1 Å². The summed E-state index contributed by atoms with van der Waals surface area (Å²) >= 11 is 3.90. The molecule has 4 rings (SSSR count). The molecule has 0 aliphatic heterocycles. The summed E-state index contributed by atoms with van der Waals surface area (Å²) in [5.41, 5.74) is 4.58. The van der Waals surface area contributed by atoms with Crippen molar-refractivity contribution in [2.45, 2.75) is 78.7 Å². The molecular weight excluding hydrogens is 502 g/mol. The van der Waals surface area contributed by atoms with Gasteiger partial charge in [0.15, 0.2) is 0 Å². The summed E-state index contributed by atoms with van der Waals surface area (Å²) in [6.07, 6.45) is 6.90. The molecule has 3 aromatic rings. The second-order valence-corrected chi connectivity index (χ2v) is 16.7. The van der Waals surface area contributed by atoms with Gasteiger partial charge in [-0.1, -0.05) is 61.8 Å². The highest BCUT2D eigenvalue weighted by molar-refractivity contribution is 9.10.